The standard InChI is InChI=1S/C17H34N2O3.C13H18.C2H6.2CH2O/c1-7-12-21-13-17(18-6)10-9-11-19(14(17)8-2)15(20)22-16(3,4)5;1-11-7-9-13(10-8-11)12-5-3-2-4-6-12;3*1-2/h14,18H,7-13H2,1-6H3;2-6,11,13H,7-10H2,1H3;1-2H3;2*1H2. The van der Waals surface area contributed by atoms with Gasteiger partial charge in [0.05, 0.1) is 18.2 Å². The topological polar surface area (TPSA) is 84.9 Å². The molecule has 0 radical (unpaired) electrons. The van der Waals surface area contributed by atoms with E-state index in [2.05, 4.69) is 56.4 Å². The molecule has 1 heterocycles. The summed E-state index contributed by atoms with van der Waals surface area (Å²) in [4.78, 5) is 30.4. The first kappa shape index (κ1) is 40.9. The van der Waals surface area contributed by atoms with Crippen LogP contribution in [0.15, 0.2) is 30.3 Å². The number of likely N-dealkylation sites (N-methyl/N-ethyl adjacent to an activating group) is 1. The third-order valence-electron chi connectivity index (χ3n) is 7.54. The molecular weight excluding hydrogens is 516 g/mol. The van der Waals surface area contributed by atoms with Gasteiger partial charge in [-0.2, -0.15) is 0 Å². The molecule has 0 spiro atoms. The second kappa shape index (κ2) is 23.3. The Kier molecular flexibility index (Phi) is 23.3. The fraction of sp³-hybridized carbons (Fsp3) is 0.735. The van der Waals surface area contributed by atoms with Gasteiger partial charge in [0.25, 0.3) is 0 Å². The van der Waals surface area contributed by atoms with Crippen LogP contribution in [0.4, 0.5) is 4.79 Å². The van der Waals surface area contributed by atoms with E-state index in [1.54, 1.807) is 5.56 Å². The molecule has 1 aromatic carbocycles. The van der Waals surface area contributed by atoms with Crippen LogP contribution in [0.1, 0.15) is 118 Å². The van der Waals surface area contributed by atoms with Crippen molar-refractivity contribution in [2.24, 2.45) is 5.92 Å². The number of piperidine rings is 1. The molecule has 1 aliphatic carbocycles. The predicted octanol–water partition coefficient (Wildman–Crippen LogP) is 7.82. The molecule has 2 fully saturated rings. The van der Waals surface area contributed by atoms with Gasteiger partial charge in [-0.15, -0.1) is 0 Å². The van der Waals surface area contributed by atoms with Crippen LogP contribution >= 0.6 is 0 Å². The van der Waals surface area contributed by atoms with E-state index < -0.39 is 5.60 Å². The fourth-order valence-electron chi connectivity index (χ4n) is 5.59. The SMILES string of the molecule is C=O.C=O.CC.CC1CCC(c2ccccc2)CC1.CCCOCC1(NC)CCCN(C(=O)OC(C)(C)C)C1CC. The third-order valence-corrected chi connectivity index (χ3v) is 7.54. The number of amides is 1. The van der Waals surface area contributed by atoms with Gasteiger partial charge in [-0.1, -0.05) is 77.8 Å². The Labute approximate surface area is 252 Å². The Morgan fingerprint density at radius 2 is 1.59 bits per heavy atom. The maximum Gasteiger partial charge on any atom is 0.410 e. The third kappa shape index (κ3) is 15.0. The van der Waals surface area contributed by atoms with Crippen LogP contribution in [0.2, 0.25) is 0 Å². The van der Waals surface area contributed by atoms with E-state index in [1.807, 2.05) is 60.1 Å². The molecule has 238 valence electrons. The van der Waals surface area contributed by atoms with Crippen LogP contribution < -0.4 is 5.32 Å². The molecule has 1 amide bonds. The van der Waals surface area contributed by atoms with Gasteiger partial charge in [0, 0.05) is 13.2 Å². The number of nitrogens with one attached hydrogen (secondary N) is 1. The largest absolute Gasteiger partial charge is 0.444 e. The Morgan fingerprint density at radius 3 is 2.05 bits per heavy atom. The summed E-state index contributed by atoms with van der Waals surface area (Å²) in [6.07, 6.45) is 9.28. The minimum Gasteiger partial charge on any atom is -0.444 e. The second-order valence-corrected chi connectivity index (χ2v) is 11.5. The zero-order valence-electron chi connectivity index (χ0n) is 27.8. The van der Waals surface area contributed by atoms with E-state index in [0.29, 0.717) is 6.61 Å². The van der Waals surface area contributed by atoms with Gasteiger partial charge in [-0.05, 0) is 83.7 Å². The summed E-state index contributed by atoms with van der Waals surface area (Å²) in [5, 5.41) is 3.45. The lowest BCUT2D eigenvalue weighted by Crippen LogP contribution is -2.66. The van der Waals surface area contributed by atoms with Crippen molar-refractivity contribution in [1.29, 1.82) is 0 Å². The van der Waals surface area contributed by atoms with E-state index in [1.165, 1.54) is 25.7 Å². The summed E-state index contributed by atoms with van der Waals surface area (Å²) in [5.41, 5.74) is 0.904. The van der Waals surface area contributed by atoms with Crippen molar-refractivity contribution in [3.8, 4) is 0 Å². The fourth-order valence-corrected chi connectivity index (χ4v) is 5.59. The number of nitrogens with zero attached hydrogens (tertiary/aromatic N) is 1. The van der Waals surface area contributed by atoms with Gasteiger partial charge in [-0.25, -0.2) is 4.79 Å². The zero-order chi connectivity index (χ0) is 31.9. The number of likely N-dealkylation sites (tertiary alicyclic amines) is 1. The molecule has 1 aromatic rings. The number of hydrogen-bond acceptors (Lipinski definition) is 6. The Morgan fingerprint density at radius 1 is 1.02 bits per heavy atom. The summed E-state index contributed by atoms with van der Waals surface area (Å²) in [5.74, 6) is 1.80. The molecule has 2 aliphatic rings. The first-order valence-electron chi connectivity index (χ1n) is 15.5. The van der Waals surface area contributed by atoms with Gasteiger partial charge in [0.1, 0.15) is 19.2 Å². The summed E-state index contributed by atoms with van der Waals surface area (Å²) >= 11 is 0. The van der Waals surface area contributed by atoms with Gasteiger partial charge < -0.3 is 29.3 Å². The molecule has 0 bridgehead atoms. The van der Waals surface area contributed by atoms with Gasteiger partial charge in [0.2, 0.25) is 0 Å². The van der Waals surface area contributed by atoms with Crippen molar-refractivity contribution >= 4 is 19.7 Å². The monoisotopic (exact) mass is 578 g/mol. The molecule has 1 N–H and O–H groups in total. The first-order valence-corrected chi connectivity index (χ1v) is 15.5. The quantitative estimate of drug-likeness (QED) is 0.332. The number of hydrogen-bond donors (Lipinski definition) is 1. The average molecular weight is 579 g/mol. The van der Waals surface area contributed by atoms with Crippen molar-refractivity contribution < 1.29 is 23.9 Å². The maximum atomic E-state index is 12.6. The molecule has 2 atom stereocenters. The molecule has 1 saturated heterocycles. The number of carbonyl (C=O) groups is 3. The smallest absolute Gasteiger partial charge is 0.410 e. The minimum absolute atomic E-state index is 0.0953. The summed E-state index contributed by atoms with van der Waals surface area (Å²) < 4.78 is 11.4. The van der Waals surface area contributed by atoms with Gasteiger partial charge in [0.15, 0.2) is 0 Å². The molecule has 1 saturated carbocycles. The summed E-state index contributed by atoms with van der Waals surface area (Å²) in [6, 6.07) is 11.1. The lowest BCUT2D eigenvalue weighted by Gasteiger charge is -2.49. The lowest BCUT2D eigenvalue weighted by atomic mass is 9.79. The average Bonchev–Trinajstić information content (AvgIpc) is 3.00. The van der Waals surface area contributed by atoms with Crippen molar-refractivity contribution in [3.63, 3.8) is 0 Å². The number of benzene rings is 1. The highest BCUT2D eigenvalue weighted by Gasteiger charge is 2.45. The van der Waals surface area contributed by atoms with E-state index in [-0.39, 0.29) is 17.7 Å². The van der Waals surface area contributed by atoms with E-state index in [4.69, 9.17) is 19.1 Å². The normalized spacial score (nSPS) is 23.4. The van der Waals surface area contributed by atoms with Crippen molar-refractivity contribution in [3.05, 3.63) is 35.9 Å². The number of rotatable bonds is 7. The summed E-state index contributed by atoms with van der Waals surface area (Å²) in [6.45, 7) is 22.5. The highest BCUT2D eigenvalue weighted by molar-refractivity contribution is 5.69. The molecule has 1 aliphatic heterocycles. The second-order valence-electron chi connectivity index (χ2n) is 11.5. The van der Waals surface area contributed by atoms with Crippen LogP contribution in [-0.4, -0.2) is 68.6 Å². The van der Waals surface area contributed by atoms with Crippen molar-refractivity contribution in [2.75, 3.05) is 26.8 Å². The Bertz CT molecular complexity index is 760. The predicted molar refractivity (Wildman–Crippen MR) is 172 cm³/mol. The van der Waals surface area contributed by atoms with Crippen molar-refractivity contribution in [1.82, 2.24) is 10.2 Å². The van der Waals surface area contributed by atoms with Crippen LogP contribution in [-0.2, 0) is 19.1 Å². The first-order chi connectivity index (χ1) is 19.7. The summed E-state index contributed by atoms with van der Waals surface area (Å²) in [7, 11) is 1.97. The molecule has 7 heteroatoms. The number of carbonyl (C=O) groups excluding carboxylic acids is 3. The van der Waals surface area contributed by atoms with Gasteiger partial charge >= 0.3 is 6.09 Å². The van der Waals surface area contributed by atoms with Crippen LogP contribution in [0.5, 0.6) is 0 Å². The molecular formula is C34H62N2O5. The van der Waals surface area contributed by atoms with E-state index >= 15 is 0 Å². The van der Waals surface area contributed by atoms with Crippen LogP contribution in [0.25, 0.3) is 0 Å². The lowest BCUT2D eigenvalue weighted by molar-refractivity contribution is -0.0987. The van der Waals surface area contributed by atoms with Crippen LogP contribution in [0.3, 0.4) is 0 Å². The van der Waals surface area contributed by atoms with E-state index in [0.717, 1.165) is 50.7 Å². The molecule has 3 rings (SSSR count). The highest BCUT2D eigenvalue weighted by atomic mass is 16.6. The van der Waals surface area contributed by atoms with Crippen molar-refractivity contribution in [2.45, 2.75) is 130 Å². The van der Waals surface area contributed by atoms with Crippen LogP contribution in [0, 0.1) is 5.92 Å². The number of ether oxygens (including phenoxy) is 2. The minimum atomic E-state index is -0.464. The van der Waals surface area contributed by atoms with Gasteiger partial charge in [-0.3, -0.25) is 0 Å². The molecule has 7 nitrogen and oxygen atoms in total. The zero-order valence-corrected chi connectivity index (χ0v) is 27.8. The Hall–Kier alpha value is -2.25. The Balaban J connectivity index is 0. The van der Waals surface area contributed by atoms with E-state index in [9.17, 15) is 4.79 Å². The molecule has 0 aromatic heterocycles. The highest BCUT2D eigenvalue weighted by Crippen LogP contribution is 2.35. The molecule has 2 unspecified atom stereocenters. The maximum absolute atomic E-state index is 12.6. The molecule has 41 heavy (non-hydrogen) atoms.